The van der Waals surface area contributed by atoms with Crippen LogP contribution in [0.4, 0.5) is 5.69 Å². The Hall–Kier alpha value is -2.35. The molecule has 0 fully saturated rings. The van der Waals surface area contributed by atoms with E-state index >= 15 is 0 Å². The van der Waals surface area contributed by atoms with Gasteiger partial charge in [-0.25, -0.2) is 4.98 Å². The minimum atomic E-state index is 0.421. The van der Waals surface area contributed by atoms with Crippen LogP contribution in [0, 0.1) is 18.3 Å². The van der Waals surface area contributed by atoms with Crippen molar-refractivity contribution in [2.24, 2.45) is 0 Å². The Labute approximate surface area is 93.1 Å². The Bertz CT molecular complexity index is 506. The number of nitriles is 1. The molecule has 0 bridgehead atoms. The molecule has 0 aliphatic rings. The zero-order chi connectivity index (χ0) is 11.4. The minimum Gasteiger partial charge on any atom is -0.380 e. The van der Waals surface area contributed by atoms with Crippen LogP contribution in [0.25, 0.3) is 0 Å². The van der Waals surface area contributed by atoms with Gasteiger partial charge in [-0.15, -0.1) is 0 Å². The summed E-state index contributed by atoms with van der Waals surface area (Å²) in [6.07, 6.45) is 3.44. The lowest BCUT2D eigenvalue weighted by molar-refractivity contribution is 1.04. The molecule has 2 heterocycles. The highest BCUT2D eigenvalue weighted by molar-refractivity contribution is 5.43. The summed E-state index contributed by atoms with van der Waals surface area (Å²) in [4.78, 5) is 3.97. The molecule has 0 saturated heterocycles. The summed E-state index contributed by atoms with van der Waals surface area (Å²) in [6, 6.07) is 5.50. The van der Waals surface area contributed by atoms with Crippen LogP contribution in [0.5, 0.6) is 0 Å². The van der Waals surface area contributed by atoms with Crippen LogP contribution < -0.4 is 5.32 Å². The monoisotopic (exact) mass is 213 g/mol. The number of nitrogens with zero attached hydrogens (tertiary/aromatic N) is 3. The lowest BCUT2D eigenvalue weighted by Crippen LogP contribution is -2.00. The number of aromatic nitrogens is 3. The van der Waals surface area contributed by atoms with Crippen molar-refractivity contribution in [1.82, 2.24) is 15.2 Å². The quantitative estimate of drug-likeness (QED) is 0.811. The lowest BCUT2D eigenvalue weighted by atomic mass is 10.2. The molecule has 0 saturated carbocycles. The Morgan fingerprint density at radius 2 is 2.31 bits per heavy atom. The van der Waals surface area contributed by atoms with Crippen molar-refractivity contribution in [2.75, 3.05) is 5.32 Å². The van der Waals surface area contributed by atoms with E-state index in [1.54, 1.807) is 18.5 Å². The van der Waals surface area contributed by atoms with Crippen molar-refractivity contribution < 1.29 is 0 Å². The van der Waals surface area contributed by atoms with Crippen molar-refractivity contribution >= 4 is 5.69 Å². The van der Waals surface area contributed by atoms with Gasteiger partial charge in [0.25, 0.3) is 0 Å². The zero-order valence-corrected chi connectivity index (χ0v) is 8.86. The predicted molar refractivity (Wildman–Crippen MR) is 59.6 cm³/mol. The standard InChI is InChI=1S/C11H11N5/c1-8-9(6-15-16-8)5-13-11-3-2-10(4-12)14-7-11/h2-3,6-7,13H,5H2,1H3,(H,15,16). The highest BCUT2D eigenvalue weighted by atomic mass is 15.1. The van der Waals surface area contributed by atoms with Crippen molar-refractivity contribution in [3.05, 3.63) is 41.5 Å². The number of anilines is 1. The molecule has 2 rings (SSSR count). The summed E-state index contributed by atoms with van der Waals surface area (Å²) in [5.74, 6) is 0. The number of rotatable bonds is 3. The van der Waals surface area contributed by atoms with Crippen molar-refractivity contribution in [2.45, 2.75) is 13.5 Å². The maximum atomic E-state index is 8.60. The molecule has 5 heteroatoms. The molecule has 5 nitrogen and oxygen atoms in total. The Balaban J connectivity index is 2.00. The van der Waals surface area contributed by atoms with E-state index in [2.05, 4.69) is 20.5 Å². The summed E-state index contributed by atoms with van der Waals surface area (Å²) in [7, 11) is 0. The maximum Gasteiger partial charge on any atom is 0.140 e. The molecule has 0 aromatic carbocycles. The second-order valence-electron chi connectivity index (χ2n) is 3.42. The van der Waals surface area contributed by atoms with Crippen LogP contribution in [0.1, 0.15) is 17.0 Å². The fraction of sp³-hybridized carbons (Fsp3) is 0.182. The molecule has 80 valence electrons. The normalized spacial score (nSPS) is 9.75. The second-order valence-corrected chi connectivity index (χ2v) is 3.42. The van der Waals surface area contributed by atoms with Gasteiger partial charge in [0, 0.05) is 17.8 Å². The van der Waals surface area contributed by atoms with E-state index in [4.69, 9.17) is 5.26 Å². The summed E-state index contributed by atoms with van der Waals surface area (Å²) in [6.45, 7) is 2.66. The van der Waals surface area contributed by atoms with Crippen molar-refractivity contribution in [3.63, 3.8) is 0 Å². The maximum absolute atomic E-state index is 8.60. The molecule has 0 unspecified atom stereocenters. The number of pyridine rings is 1. The average Bonchev–Trinajstić information content (AvgIpc) is 2.73. The molecule has 0 radical (unpaired) electrons. The van der Waals surface area contributed by atoms with Crippen LogP contribution in [0.2, 0.25) is 0 Å². The van der Waals surface area contributed by atoms with Gasteiger partial charge in [0.05, 0.1) is 18.1 Å². The van der Waals surface area contributed by atoms with Gasteiger partial charge < -0.3 is 5.32 Å². The van der Waals surface area contributed by atoms with Gasteiger partial charge >= 0.3 is 0 Å². The highest BCUT2D eigenvalue weighted by Gasteiger charge is 2.00. The van der Waals surface area contributed by atoms with Crippen LogP contribution in [0.3, 0.4) is 0 Å². The van der Waals surface area contributed by atoms with Crippen molar-refractivity contribution in [3.8, 4) is 6.07 Å². The molecule has 2 aromatic heterocycles. The fourth-order valence-electron chi connectivity index (χ4n) is 1.32. The number of aromatic amines is 1. The first kappa shape index (κ1) is 10.2. The van der Waals surface area contributed by atoms with E-state index in [1.807, 2.05) is 19.1 Å². The summed E-state index contributed by atoms with van der Waals surface area (Å²) in [5.41, 5.74) is 3.48. The first-order valence-electron chi connectivity index (χ1n) is 4.88. The molecule has 0 amide bonds. The third-order valence-corrected chi connectivity index (χ3v) is 2.30. The van der Waals surface area contributed by atoms with Gasteiger partial charge in [0.15, 0.2) is 0 Å². The molecule has 0 aliphatic heterocycles. The minimum absolute atomic E-state index is 0.421. The van der Waals surface area contributed by atoms with E-state index in [1.165, 1.54) is 0 Å². The molecule has 0 aliphatic carbocycles. The Morgan fingerprint density at radius 3 is 2.88 bits per heavy atom. The Morgan fingerprint density at radius 1 is 1.44 bits per heavy atom. The SMILES string of the molecule is Cc1[nH]ncc1CNc1ccc(C#N)nc1. The van der Waals surface area contributed by atoms with Gasteiger partial charge in [0.1, 0.15) is 11.8 Å². The second kappa shape index (κ2) is 4.45. The summed E-state index contributed by atoms with van der Waals surface area (Å²) in [5, 5.41) is 18.6. The number of nitrogens with one attached hydrogen (secondary N) is 2. The summed E-state index contributed by atoms with van der Waals surface area (Å²) < 4.78 is 0. The predicted octanol–water partition coefficient (Wildman–Crippen LogP) is 1.60. The van der Waals surface area contributed by atoms with Gasteiger partial charge in [0.2, 0.25) is 0 Å². The smallest absolute Gasteiger partial charge is 0.140 e. The van der Waals surface area contributed by atoms with E-state index in [9.17, 15) is 0 Å². The fourth-order valence-corrected chi connectivity index (χ4v) is 1.32. The van der Waals surface area contributed by atoms with Gasteiger partial charge in [-0.2, -0.15) is 10.4 Å². The first-order chi connectivity index (χ1) is 7.79. The third kappa shape index (κ3) is 2.17. The molecule has 0 atom stereocenters. The molecule has 2 aromatic rings. The van der Waals surface area contributed by atoms with E-state index in [0.717, 1.165) is 16.9 Å². The van der Waals surface area contributed by atoms with Crippen LogP contribution >= 0.6 is 0 Å². The molecular weight excluding hydrogens is 202 g/mol. The number of hydrogen-bond acceptors (Lipinski definition) is 4. The number of aryl methyl sites for hydroxylation is 1. The van der Waals surface area contributed by atoms with Crippen LogP contribution in [-0.2, 0) is 6.54 Å². The number of hydrogen-bond donors (Lipinski definition) is 2. The van der Waals surface area contributed by atoms with Crippen LogP contribution in [-0.4, -0.2) is 15.2 Å². The summed E-state index contributed by atoms with van der Waals surface area (Å²) >= 11 is 0. The number of H-pyrrole nitrogens is 1. The van der Waals surface area contributed by atoms with Gasteiger partial charge in [-0.3, -0.25) is 5.10 Å². The largest absolute Gasteiger partial charge is 0.380 e. The van der Waals surface area contributed by atoms with E-state index < -0.39 is 0 Å². The van der Waals surface area contributed by atoms with Crippen LogP contribution in [0.15, 0.2) is 24.5 Å². The highest BCUT2D eigenvalue weighted by Crippen LogP contribution is 2.09. The molecule has 0 spiro atoms. The van der Waals surface area contributed by atoms with E-state index in [0.29, 0.717) is 12.2 Å². The average molecular weight is 213 g/mol. The molecular formula is C11H11N5. The zero-order valence-electron chi connectivity index (χ0n) is 8.86. The molecule has 16 heavy (non-hydrogen) atoms. The first-order valence-corrected chi connectivity index (χ1v) is 4.88. The topological polar surface area (TPSA) is 77.4 Å². The lowest BCUT2D eigenvalue weighted by Gasteiger charge is -2.04. The van der Waals surface area contributed by atoms with E-state index in [-0.39, 0.29) is 0 Å². The van der Waals surface area contributed by atoms with Gasteiger partial charge in [-0.05, 0) is 19.1 Å². The Kier molecular flexibility index (Phi) is 2.83. The third-order valence-electron chi connectivity index (χ3n) is 2.30. The van der Waals surface area contributed by atoms with Gasteiger partial charge in [-0.1, -0.05) is 0 Å². The molecule has 2 N–H and O–H groups in total. The van der Waals surface area contributed by atoms with Crippen molar-refractivity contribution in [1.29, 1.82) is 5.26 Å².